The van der Waals surface area contributed by atoms with Gasteiger partial charge in [-0.1, -0.05) is 12.1 Å². The average Bonchev–Trinajstić information content (AvgIpc) is 2.80. The maximum atomic E-state index is 12.3. The van der Waals surface area contributed by atoms with E-state index >= 15 is 0 Å². The third-order valence-electron chi connectivity index (χ3n) is 3.43. The highest BCUT2D eigenvalue weighted by molar-refractivity contribution is 5.86. The molecular formula is C13H20N4O4. The Hall–Kier alpha value is -1.96. The Morgan fingerprint density at radius 1 is 1.33 bits per heavy atom. The highest BCUT2D eigenvalue weighted by Crippen LogP contribution is 2.12. The second kappa shape index (κ2) is 6.21. The van der Waals surface area contributed by atoms with Crippen LogP contribution in [-0.2, 0) is 22.5 Å². The largest absolute Gasteiger partial charge is 0.476 e. The number of hydrogen-bond donors (Lipinski definition) is 1. The van der Waals surface area contributed by atoms with E-state index in [0.717, 1.165) is 0 Å². The van der Waals surface area contributed by atoms with Gasteiger partial charge in [0.2, 0.25) is 5.91 Å². The van der Waals surface area contributed by atoms with E-state index in [0.29, 0.717) is 25.2 Å². The Morgan fingerprint density at radius 2 is 1.95 bits per heavy atom. The van der Waals surface area contributed by atoms with Crippen molar-refractivity contribution in [2.45, 2.75) is 45.9 Å². The van der Waals surface area contributed by atoms with Crippen molar-refractivity contribution < 1.29 is 19.4 Å². The quantitative estimate of drug-likeness (QED) is 0.851. The normalized spacial score (nSPS) is 22.3. The number of rotatable bonds is 4. The number of ether oxygens (including phenoxy) is 1. The van der Waals surface area contributed by atoms with E-state index < -0.39 is 5.97 Å². The first-order valence-electron chi connectivity index (χ1n) is 7.01. The molecule has 2 unspecified atom stereocenters. The first-order valence-corrected chi connectivity index (χ1v) is 7.01. The van der Waals surface area contributed by atoms with Crippen molar-refractivity contribution in [1.29, 1.82) is 0 Å². The number of hydrogen-bond acceptors (Lipinski definition) is 5. The summed E-state index contributed by atoms with van der Waals surface area (Å²) in [5.74, 6) is -1.23. The number of carboxylic acid groups (broad SMARTS) is 1. The van der Waals surface area contributed by atoms with Crippen LogP contribution in [0.2, 0.25) is 0 Å². The van der Waals surface area contributed by atoms with Crippen LogP contribution in [0.3, 0.4) is 0 Å². The molecule has 0 aromatic carbocycles. The second-order valence-electron chi connectivity index (χ2n) is 5.26. The topological polar surface area (TPSA) is 97.5 Å². The molecule has 1 fully saturated rings. The maximum absolute atomic E-state index is 12.3. The number of aromatic nitrogens is 3. The van der Waals surface area contributed by atoms with E-state index in [9.17, 15) is 9.59 Å². The zero-order valence-electron chi connectivity index (χ0n) is 12.4. The van der Waals surface area contributed by atoms with Gasteiger partial charge in [-0.25, -0.2) is 9.48 Å². The zero-order chi connectivity index (χ0) is 15.6. The number of carboxylic acids is 1. The third kappa shape index (κ3) is 3.38. The predicted octanol–water partition coefficient (Wildman–Crippen LogP) is 0.175. The number of nitrogens with zero attached hydrogens (tertiary/aromatic N) is 4. The molecule has 2 rings (SSSR count). The average molecular weight is 296 g/mol. The summed E-state index contributed by atoms with van der Waals surface area (Å²) in [6, 6.07) is 0. The SMILES string of the molecule is CCc1c(C(=O)O)nnn1CC(=O)N1CC(C)OC(C)C1. The molecule has 1 aliphatic rings. The van der Waals surface area contributed by atoms with E-state index in [1.54, 1.807) is 4.90 Å². The molecule has 8 heteroatoms. The summed E-state index contributed by atoms with van der Waals surface area (Å²) in [5.41, 5.74) is 0.374. The minimum atomic E-state index is -1.13. The molecule has 1 saturated heterocycles. The Balaban J connectivity index is 2.11. The molecular weight excluding hydrogens is 276 g/mol. The fourth-order valence-electron chi connectivity index (χ4n) is 2.59. The maximum Gasteiger partial charge on any atom is 0.358 e. The molecule has 0 spiro atoms. The summed E-state index contributed by atoms with van der Waals surface area (Å²) >= 11 is 0. The molecule has 1 amide bonds. The molecule has 0 saturated carbocycles. The van der Waals surface area contributed by atoms with Crippen molar-refractivity contribution in [3.8, 4) is 0 Å². The molecule has 0 radical (unpaired) electrons. The monoisotopic (exact) mass is 296 g/mol. The van der Waals surface area contributed by atoms with Crippen LogP contribution in [-0.4, -0.2) is 62.2 Å². The van der Waals surface area contributed by atoms with Crippen molar-refractivity contribution in [3.63, 3.8) is 0 Å². The molecule has 21 heavy (non-hydrogen) atoms. The third-order valence-corrected chi connectivity index (χ3v) is 3.43. The summed E-state index contributed by atoms with van der Waals surface area (Å²) < 4.78 is 6.96. The van der Waals surface area contributed by atoms with Gasteiger partial charge in [0.25, 0.3) is 0 Å². The van der Waals surface area contributed by atoms with E-state index in [1.165, 1.54) is 4.68 Å². The predicted molar refractivity (Wildman–Crippen MR) is 72.9 cm³/mol. The Bertz CT molecular complexity index is 532. The minimum Gasteiger partial charge on any atom is -0.476 e. The second-order valence-corrected chi connectivity index (χ2v) is 5.26. The van der Waals surface area contributed by atoms with Crippen LogP contribution in [0, 0.1) is 0 Å². The number of aromatic carboxylic acids is 1. The Morgan fingerprint density at radius 3 is 2.48 bits per heavy atom. The van der Waals surface area contributed by atoms with Crippen molar-refractivity contribution in [3.05, 3.63) is 11.4 Å². The van der Waals surface area contributed by atoms with E-state index in [-0.39, 0.29) is 30.4 Å². The lowest BCUT2D eigenvalue weighted by atomic mass is 10.2. The Kier molecular flexibility index (Phi) is 4.56. The first kappa shape index (κ1) is 15.4. The summed E-state index contributed by atoms with van der Waals surface area (Å²) in [6.45, 7) is 6.72. The van der Waals surface area contributed by atoms with Crippen molar-refractivity contribution in [2.24, 2.45) is 0 Å². The molecule has 0 bridgehead atoms. The van der Waals surface area contributed by atoms with Crippen LogP contribution >= 0.6 is 0 Å². The van der Waals surface area contributed by atoms with Crippen LogP contribution in [0.4, 0.5) is 0 Å². The summed E-state index contributed by atoms with van der Waals surface area (Å²) in [5, 5.41) is 16.5. The smallest absolute Gasteiger partial charge is 0.358 e. The van der Waals surface area contributed by atoms with Crippen molar-refractivity contribution >= 4 is 11.9 Å². The summed E-state index contributed by atoms with van der Waals surface area (Å²) in [7, 11) is 0. The van der Waals surface area contributed by atoms with E-state index in [4.69, 9.17) is 9.84 Å². The number of carbonyl (C=O) groups is 2. The first-order chi connectivity index (χ1) is 9.92. The molecule has 2 heterocycles. The number of morpholine rings is 1. The molecule has 1 aromatic rings. The van der Waals surface area contributed by atoms with Gasteiger partial charge < -0.3 is 14.7 Å². The fourth-order valence-corrected chi connectivity index (χ4v) is 2.59. The van der Waals surface area contributed by atoms with Gasteiger partial charge in [0.15, 0.2) is 5.69 Å². The lowest BCUT2D eigenvalue weighted by molar-refractivity contribution is -0.144. The van der Waals surface area contributed by atoms with Gasteiger partial charge in [0.1, 0.15) is 6.54 Å². The lowest BCUT2D eigenvalue weighted by Crippen LogP contribution is -2.49. The van der Waals surface area contributed by atoms with Crippen LogP contribution in [0.15, 0.2) is 0 Å². The van der Waals surface area contributed by atoms with Crippen LogP contribution in [0.1, 0.15) is 37.0 Å². The van der Waals surface area contributed by atoms with Crippen LogP contribution in [0.5, 0.6) is 0 Å². The molecule has 0 aliphatic carbocycles. The molecule has 1 aromatic heterocycles. The van der Waals surface area contributed by atoms with Gasteiger partial charge in [0.05, 0.1) is 17.9 Å². The van der Waals surface area contributed by atoms with Gasteiger partial charge in [-0.05, 0) is 20.3 Å². The molecule has 8 nitrogen and oxygen atoms in total. The fraction of sp³-hybridized carbons (Fsp3) is 0.692. The Labute approximate surface area is 122 Å². The van der Waals surface area contributed by atoms with Gasteiger partial charge in [-0.3, -0.25) is 4.79 Å². The summed E-state index contributed by atoms with van der Waals surface area (Å²) in [6.07, 6.45) is 0.444. The van der Waals surface area contributed by atoms with Crippen LogP contribution < -0.4 is 0 Å². The van der Waals surface area contributed by atoms with Gasteiger partial charge >= 0.3 is 5.97 Å². The molecule has 1 N–H and O–H groups in total. The standard InChI is InChI=1S/C13H20N4O4/c1-4-10-12(13(19)20)14-15-17(10)7-11(18)16-5-8(2)21-9(3)6-16/h8-9H,4-7H2,1-3H3,(H,19,20). The number of amides is 1. The highest BCUT2D eigenvalue weighted by Gasteiger charge is 2.27. The molecule has 2 atom stereocenters. The van der Waals surface area contributed by atoms with E-state index in [2.05, 4.69) is 10.3 Å². The summed E-state index contributed by atoms with van der Waals surface area (Å²) in [4.78, 5) is 25.1. The van der Waals surface area contributed by atoms with Gasteiger partial charge in [0, 0.05) is 13.1 Å². The molecule has 1 aliphatic heterocycles. The van der Waals surface area contributed by atoms with Crippen molar-refractivity contribution in [1.82, 2.24) is 19.9 Å². The van der Waals surface area contributed by atoms with Gasteiger partial charge in [-0.15, -0.1) is 5.10 Å². The number of carbonyl (C=O) groups excluding carboxylic acids is 1. The van der Waals surface area contributed by atoms with Crippen molar-refractivity contribution in [2.75, 3.05) is 13.1 Å². The van der Waals surface area contributed by atoms with E-state index in [1.807, 2.05) is 20.8 Å². The highest BCUT2D eigenvalue weighted by atomic mass is 16.5. The zero-order valence-corrected chi connectivity index (χ0v) is 12.4. The van der Waals surface area contributed by atoms with Crippen LogP contribution in [0.25, 0.3) is 0 Å². The lowest BCUT2D eigenvalue weighted by Gasteiger charge is -2.35. The van der Waals surface area contributed by atoms with Gasteiger partial charge in [-0.2, -0.15) is 0 Å². The molecule has 116 valence electrons. The minimum absolute atomic E-state index is 0.00287.